The van der Waals surface area contributed by atoms with E-state index >= 15 is 0 Å². The normalized spacial score (nSPS) is 18.3. The molecule has 1 aliphatic heterocycles. The molecule has 2 atom stereocenters. The summed E-state index contributed by atoms with van der Waals surface area (Å²) in [6.45, 7) is 3.46. The summed E-state index contributed by atoms with van der Waals surface area (Å²) >= 11 is 0. The highest BCUT2D eigenvalue weighted by Crippen LogP contribution is 2.36. The van der Waals surface area contributed by atoms with Gasteiger partial charge in [0.15, 0.2) is 0 Å². The maximum atomic E-state index is 13.3. The van der Waals surface area contributed by atoms with Crippen molar-refractivity contribution in [2.24, 2.45) is 0 Å². The number of rotatable bonds is 4. The summed E-state index contributed by atoms with van der Waals surface area (Å²) in [5.41, 5.74) is 0.405. The molecule has 0 radical (unpaired) electrons. The van der Waals surface area contributed by atoms with Crippen LogP contribution in [0.5, 0.6) is 0 Å². The second-order valence-electron chi connectivity index (χ2n) is 6.78. The minimum atomic E-state index is -4.43. The predicted octanol–water partition coefficient (Wildman–Crippen LogP) is 4.19. The molecular formula is C20H23ClF3N3O. The third-order valence-corrected chi connectivity index (χ3v) is 4.91. The maximum absolute atomic E-state index is 13.3. The van der Waals surface area contributed by atoms with Crippen LogP contribution in [0, 0.1) is 0 Å². The molecule has 4 nitrogen and oxygen atoms in total. The first-order valence-electron chi connectivity index (χ1n) is 8.94. The van der Waals surface area contributed by atoms with Crippen molar-refractivity contribution in [3.63, 3.8) is 0 Å². The Bertz CT molecular complexity index is 786. The van der Waals surface area contributed by atoms with Crippen LogP contribution in [-0.4, -0.2) is 35.4 Å². The SMILES string of the molecule is CC(CC(=O)N1CCNCC1c1cccnc1)c1ccccc1C(F)(F)F.Cl. The van der Waals surface area contributed by atoms with E-state index in [-0.39, 0.29) is 36.3 Å². The molecule has 1 N–H and O–H groups in total. The lowest BCUT2D eigenvalue weighted by Crippen LogP contribution is -2.48. The van der Waals surface area contributed by atoms with E-state index in [0.29, 0.717) is 19.6 Å². The zero-order chi connectivity index (χ0) is 19.4. The fourth-order valence-corrected chi connectivity index (χ4v) is 3.55. The fourth-order valence-electron chi connectivity index (χ4n) is 3.55. The van der Waals surface area contributed by atoms with Crippen molar-refractivity contribution in [1.82, 2.24) is 15.2 Å². The molecule has 1 amide bonds. The molecule has 1 aromatic carbocycles. The van der Waals surface area contributed by atoms with E-state index in [1.165, 1.54) is 12.1 Å². The fraction of sp³-hybridized carbons (Fsp3) is 0.400. The van der Waals surface area contributed by atoms with Crippen LogP contribution in [0.15, 0.2) is 48.8 Å². The summed E-state index contributed by atoms with van der Waals surface area (Å²) in [5, 5.41) is 3.26. The third-order valence-electron chi connectivity index (χ3n) is 4.91. The molecule has 2 unspecified atom stereocenters. The van der Waals surface area contributed by atoms with Crippen LogP contribution in [0.4, 0.5) is 13.2 Å². The molecule has 0 bridgehead atoms. The second-order valence-corrected chi connectivity index (χ2v) is 6.78. The van der Waals surface area contributed by atoms with Crippen LogP contribution in [0.25, 0.3) is 0 Å². The molecule has 28 heavy (non-hydrogen) atoms. The molecule has 3 rings (SSSR count). The molecule has 0 saturated carbocycles. The number of hydrogen-bond donors (Lipinski definition) is 1. The number of halogens is 4. The van der Waals surface area contributed by atoms with Crippen molar-refractivity contribution < 1.29 is 18.0 Å². The summed E-state index contributed by atoms with van der Waals surface area (Å²) in [5.74, 6) is -0.672. The van der Waals surface area contributed by atoms with Crippen LogP contribution in [0.3, 0.4) is 0 Å². The van der Waals surface area contributed by atoms with Gasteiger partial charge in [-0.2, -0.15) is 13.2 Å². The van der Waals surface area contributed by atoms with Crippen molar-refractivity contribution in [2.45, 2.75) is 31.5 Å². The lowest BCUT2D eigenvalue weighted by Gasteiger charge is -2.37. The Morgan fingerprint density at radius 1 is 1.29 bits per heavy atom. The lowest BCUT2D eigenvalue weighted by molar-refractivity contribution is -0.139. The number of carbonyl (C=O) groups is 1. The second kappa shape index (κ2) is 9.39. The Balaban J connectivity index is 0.00000280. The number of nitrogens with one attached hydrogen (secondary N) is 1. The predicted molar refractivity (Wildman–Crippen MR) is 103 cm³/mol. The molecule has 2 heterocycles. The van der Waals surface area contributed by atoms with Crippen molar-refractivity contribution in [2.75, 3.05) is 19.6 Å². The van der Waals surface area contributed by atoms with Gasteiger partial charge < -0.3 is 10.2 Å². The van der Waals surface area contributed by atoms with Gasteiger partial charge in [0.2, 0.25) is 5.91 Å². The number of pyridine rings is 1. The molecule has 1 fully saturated rings. The topological polar surface area (TPSA) is 45.2 Å². The summed E-state index contributed by atoms with van der Waals surface area (Å²) in [4.78, 5) is 18.8. The molecule has 1 aromatic heterocycles. The number of benzene rings is 1. The Kier molecular flexibility index (Phi) is 7.43. The number of nitrogens with zero attached hydrogens (tertiary/aromatic N) is 2. The molecule has 8 heteroatoms. The van der Waals surface area contributed by atoms with Gasteiger partial charge in [0.05, 0.1) is 11.6 Å². The third kappa shape index (κ3) is 5.02. The zero-order valence-electron chi connectivity index (χ0n) is 15.4. The molecule has 1 aliphatic rings. The monoisotopic (exact) mass is 413 g/mol. The lowest BCUT2D eigenvalue weighted by atomic mass is 9.91. The van der Waals surface area contributed by atoms with Gasteiger partial charge in [0.25, 0.3) is 0 Å². The van der Waals surface area contributed by atoms with Crippen LogP contribution in [-0.2, 0) is 11.0 Å². The van der Waals surface area contributed by atoms with Crippen molar-refractivity contribution >= 4 is 18.3 Å². The van der Waals surface area contributed by atoms with Gasteiger partial charge in [-0.15, -0.1) is 12.4 Å². The summed E-state index contributed by atoms with van der Waals surface area (Å²) in [6, 6.07) is 9.04. The molecule has 1 saturated heterocycles. The quantitative estimate of drug-likeness (QED) is 0.817. The highest BCUT2D eigenvalue weighted by molar-refractivity contribution is 5.85. The van der Waals surface area contributed by atoms with Gasteiger partial charge >= 0.3 is 6.18 Å². The standard InChI is InChI=1S/C20H22F3N3O.ClH/c1-14(16-6-2-3-7-17(16)20(21,22)23)11-19(27)26-10-9-25-13-18(26)15-5-4-8-24-12-15;/h2-8,12,14,18,25H,9-11,13H2,1H3;1H. The maximum Gasteiger partial charge on any atom is 0.416 e. The number of alkyl halides is 3. The molecule has 152 valence electrons. The minimum absolute atomic E-state index is 0. The molecule has 0 spiro atoms. The summed E-state index contributed by atoms with van der Waals surface area (Å²) in [7, 11) is 0. The van der Waals surface area contributed by atoms with Crippen molar-refractivity contribution in [3.8, 4) is 0 Å². The van der Waals surface area contributed by atoms with Crippen LogP contribution < -0.4 is 5.32 Å². The van der Waals surface area contributed by atoms with Gasteiger partial charge in [-0.05, 0) is 29.2 Å². The molecular weight excluding hydrogens is 391 g/mol. The van der Waals surface area contributed by atoms with E-state index in [4.69, 9.17) is 0 Å². The average Bonchev–Trinajstić information content (AvgIpc) is 2.68. The van der Waals surface area contributed by atoms with E-state index in [9.17, 15) is 18.0 Å². The van der Waals surface area contributed by atoms with Gasteiger partial charge in [-0.3, -0.25) is 9.78 Å². The Hall–Kier alpha value is -2.12. The highest BCUT2D eigenvalue weighted by atomic mass is 35.5. The minimum Gasteiger partial charge on any atom is -0.333 e. The van der Waals surface area contributed by atoms with E-state index in [2.05, 4.69) is 10.3 Å². The molecule has 2 aromatic rings. The number of carbonyl (C=O) groups excluding carboxylic acids is 1. The summed E-state index contributed by atoms with van der Waals surface area (Å²) < 4.78 is 39.8. The average molecular weight is 414 g/mol. The smallest absolute Gasteiger partial charge is 0.333 e. The Morgan fingerprint density at radius 3 is 2.71 bits per heavy atom. The van der Waals surface area contributed by atoms with E-state index < -0.39 is 17.7 Å². The highest BCUT2D eigenvalue weighted by Gasteiger charge is 2.35. The largest absolute Gasteiger partial charge is 0.416 e. The van der Waals surface area contributed by atoms with Gasteiger partial charge in [0.1, 0.15) is 0 Å². The van der Waals surface area contributed by atoms with Gasteiger partial charge in [-0.25, -0.2) is 0 Å². The number of amides is 1. The van der Waals surface area contributed by atoms with Gasteiger partial charge in [0, 0.05) is 38.4 Å². The van der Waals surface area contributed by atoms with Crippen molar-refractivity contribution in [3.05, 3.63) is 65.5 Å². The first kappa shape index (κ1) is 22.2. The molecule has 0 aliphatic carbocycles. The van der Waals surface area contributed by atoms with Gasteiger partial charge in [-0.1, -0.05) is 31.2 Å². The van der Waals surface area contributed by atoms with E-state index in [1.807, 2.05) is 12.1 Å². The van der Waals surface area contributed by atoms with Crippen LogP contribution >= 0.6 is 12.4 Å². The Morgan fingerprint density at radius 2 is 2.04 bits per heavy atom. The first-order valence-corrected chi connectivity index (χ1v) is 8.94. The number of hydrogen-bond acceptors (Lipinski definition) is 3. The first-order chi connectivity index (χ1) is 12.9. The Labute approximate surface area is 168 Å². The summed E-state index contributed by atoms with van der Waals surface area (Å²) in [6.07, 6.45) is -1.01. The number of piperazine rings is 1. The van der Waals surface area contributed by atoms with E-state index in [0.717, 1.165) is 11.6 Å². The van der Waals surface area contributed by atoms with E-state index in [1.54, 1.807) is 30.3 Å². The number of aromatic nitrogens is 1. The van der Waals surface area contributed by atoms with Crippen LogP contribution in [0.1, 0.15) is 42.0 Å². The van der Waals surface area contributed by atoms with Crippen molar-refractivity contribution in [1.29, 1.82) is 0 Å². The zero-order valence-corrected chi connectivity index (χ0v) is 16.3. The van der Waals surface area contributed by atoms with Crippen LogP contribution in [0.2, 0.25) is 0 Å².